The Labute approximate surface area is 179 Å². The van der Waals surface area contributed by atoms with Crippen LogP contribution in [0.4, 0.5) is 32.0 Å². The molecule has 2 fully saturated rings. The largest absolute Gasteiger partial charge is 0.416 e. The van der Waals surface area contributed by atoms with Crippen LogP contribution in [0.3, 0.4) is 0 Å². The summed E-state index contributed by atoms with van der Waals surface area (Å²) in [5, 5.41) is 12.7. The molecule has 0 saturated carbocycles. The average Bonchev–Trinajstić information content (AvgIpc) is 3.25. The normalized spacial score (nSPS) is 27.6. The van der Waals surface area contributed by atoms with E-state index in [0.29, 0.717) is 0 Å². The Hall–Kier alpha value is -2.59. The Bertz CT molecular complexity index is 1040. The zero-order valence-electron chi connectivity index (χ0n) is 16.7. The zero-order valence-corrected chi connectivity index (χ0v) is 16.7. The summed E-state index contributed by atoms with van der Waals surface area (Å²) in [7, 11) is 0. The monoisotopic (exact) mass is 459 g/mol. The Morgan fingerprint density at radius 3 is 2.41 bits per heavy atom. The van der Waals surface area contributed by atoms with Gasteiger partial charge in [0.05, 0.1) is 35.4 Å². The maximum Gasteiger partial charge on any atom is 0.416 e. The van der Waals surface area contributed by atoms with E-state index in [4.69, 9.17) is 4.74 Å². The standard InChI is InChI=1S/C22H19F6NO3/c1-10-13(22(26,27)28)6-3-7-14(10)29-20(31)18-16-9-15(30)19(32-16)17(18)11-4-2-5-12(8-11)21(23,24)25/h2-8,15-19,30H,9H2,1H3,(H,29,31). The minimum absolute atomic E-state index is 0.0454. The van der Waals surface area contributed by atoms with Gasteiger partial charge in [0.15, 0.2) is 0 Å². The predicted molar refractivity (Wildman–Crippen MR) is 102 cm³/mol. The van der Waals surface area contributed by atoms with Crippen LogP contribution in [0, 0.1) is 12.8 Å². The first-order valence-electron chi connectivity index (χ1n) is 9.86. The number of rotatable bonds is 3. The van der Waals surface area contributed by atoms with Crippen molar-refractivity contribution in [3.05, 3.63) is 64.7 Å². The molecule has 10 heteroatoms. The van der Waals surface area contributed by atoms with E-state index < -0.39 is 59.5 Å². The fourth-order valence-corrected chi connectivity index (χ4v) is 4.66. The van der Waals surface area contributed by atoms with Gasteiger partial charge in [-0.1, -0.05) is 24.3 Å². The number of halogens is 6. The number of ether oxygens (including phenoxy) is 1. The average molecular weight is 459 g/mol. The molecule has 1 amide bonds. The lowest BCUT2D eigenvalue weighted by Gasteiger charge is -2.30. The van der Waals surface area contributed by atoms with Gasteiger partial charge >= 0.3 is 12.4 Å². The van der Waals surface area contributed by atoms with E-state index in [1.54, 1.807) is 0 Å². The van der Waals surface area contributed by atoms with Crippen molar-refractivity contribution >= 4 is 11.6 Å². The molecule has 172 valence electrons. The molecule has 2 aromatic carbocycles. The van der Waals surface area contributed by atoms with Gasteiger partial charge in [0, 0.05) is 18.0 Å². The molecule has 0 aliphatic carbocycles. The highest BCUT2D eigenvalue weighted by molar-refractivity contribution is 5.95. The minimum atomic E-state index is -4.61. The molecule has 2 saturated heterocycles. The van der Waals surface area contributed by atoms with Gasteiger partial charge in [-0.3, -0.25) is 4.79 Å². The van der Waals surface area contributed by atoms with Gasteiger partial charge in [0.1, 0.15) is 0 Å². The maximum atomic E-state index is 13.2. The van der Waals surface area contributed by atoms with Crippen molar-refractivity contribution in [1.82, 2.24) is 0 Å². The van der Waals surface area contributed by atoms with Crippen molar-refractivity contribution < 1.29 is 41.0 Å². The van der Waals surface area contributed by atoms with E-state index >= 15 is 0 Å². The number of carbonyl (C=O) groups is 1. The minimum Gasteiger partial charge on any atom is -0.390 e. The number of anilines is 1. The molecule has 0 aromatic heterocycles. The van der Waals surface area contributed by atoms with Gasteiger partial charge < -0.3 is 15.2 Å². The van der Waals surface area contributed by atoms with Gasteiger partial charge in [0.2, 0.25) is 5.91 Å². The number of carbonyl (C=O) groups excluding carboxylic acids is 1. The zero-order chi connectivity index (χ0) is 23.4. The summed E-state index contributed by atoms with van der Waals surface area (Å²) < 4.78 is 84.8. The Morgan fingerprint density at radius 2 is 1.75 bits per heavy atom. The van der Waals surface area contributed by atoms with Crippen LogP contribution in [0.1, 0.15) is 34.6 Å². The lowest BCUT2D eigenvalue weighted by atomic mass is 9.73. The number of nitrogens with one attached hydrogen (secondary N) is 1. The van der Waals surface area contributed by atoms with Crippen LogP contribution >= 0.6 is 0 Å². The van der Waals surface area contributed by atoms with Crippen LogP contribution in [0.5, 0.6) is 0 Å². The van der Waals surface area contributed by atoms with Crippen LogP contribution in [0.2, 0.25) is 0 Å². The molecule has 0 radical (unpaired) electrons. The molecule has 32 heavy (non-hydrogen) atoms. The van der Waals surface area contributed by atoms with E-state index in [1.165, 1.54) is 25.1 Å². The SMILES string of the molecule is Cc1c(NC(=O)C2C3CC(O)C(O3)C2c2cccc(C(F)(F)F)c2)cccc1C(F)(F)F. The van der Waals surface area contributed by atoms with Crippen molar-refractivity contribution in [1.29, 1.82) is 0 Å². The number of alkyl halides is 6. The quantitative estimate of drug-likeness (QED) is 0.642. The molecule has 4 rings (SSSR count). The van der Waals surface area contributed by atoms with Gasteiger partial charge in [0.25, 0.3) is 0 Å². The van der Waals surface area contributed by atoms with E-state index in [-0.39, 0.29) is 23.2 Å². The fourth-order valence-electron chi connectivity index (χ4n) is 4.66. The number of amides is 1. The predicted octanol–water partition coefficient (Wildman–Crippen LogP) is 4.90. The maximum absolute atomic E-state index is 13.2. The highest BCUT2D eigenvalue weighted by Crippen LogP contribution is 2.50. The second-order valence-corrected chi connectivity index (χ2v) is 8.08. The smallest absolute Gasteiger partial charge is 0.390 e. The van der Waals surface area contributed by atoms with Crippen molar-refractivity contribution in [2.45, 2.75) is 49.9 Å². The Balaban J connectivity index is 1.66. The molecule has 2 aliphatic heterocycles. The van der Waals surface area contributed by atoms with Crippen LogP contribution < -0.4 is 5.32 Å². The van der Waals surface area contributed by atoms with Gasteiger partial charge in [-0.25, -0.2) is 0 Å². The Kier molecular flexibility index (Phi) is 5.49. The molecule has 2 aliphatic rings. The highest BCUT2D eigenvalue weighted by atomic mass is 19.4. The molecule has 0 spiro atoms. The fraction of sp³-hybridized carbons (Fsp3) is 0.409. The van der Waals surface area contributed by atoms with Crippen LogP contribution in [-0.4, -0.2) is 29.3 Å². The third-order valence-electron chi connectivity index (χ3n) is 6.13. The number of hydrogen-bond donors (Lipinski definition) is 2. The molecular weight excluding hydrogens is 440 g/mol. The lowest BCUT2D eigenvalue weighted by Crippen LogP contribution is -2.41. The second-order valence-electron chi connectivity index (χ2n) is 8.08. The number of hydrogen-bond acceptors (Lipinski definition) is 3. The van der Waals surface area contributed by atoms with Crippen LogP contribution in [0.15, 0.2) is 42.5 Å². The molecule has 2 aromatic rings. The van der Waals surface area contributed by atoms with Crippen LogP contribution in [-0.2, 0) is 21.9 Å². The summed E-state index contributed by atoms with van der Waals surface area (Å²) in [6.07, 6.45) is -11.7. The summed E-state index contributed by atoms with van der Waals surface area (Å²) in [4.78, 5) is 13.1. The van der Waals surface area contributed by atoms with Gasteiger partial charge in [-0.15, -0.1) is 0 Å². The lowest BCUT2D eigenvalue weighted by molar-refractivity contribution is -0.138. The molecule has 5 atom stereocenters. The van der Waals surface area contributed by atoms with E-state index in [9.17, 15) is 36.2 Å². The molecule has 5 unspecified atom stereocenters. The first-order valence-corrected chi connectivity index (χ1v) is 9.86. The molecule has 4 nitrogen and oxygen atoms in total. The Morgan fingerprint density at radius 1 is 1.06 bits per heavy atom. The molecule has 2 bridgehead atoms. The van der Waals surface area contributed by atoms with Crippen LogP contribution in [0.25, 0.3) is 0 Å². The summed E-state index contributed by atoms with van der Waals surface area (Å²) >= 11 is 0. The highest BCUT2D eigenvalue weighted by Gasteiger charge is 2.57. The number of aliphatic hydroxyl groups excluding tert-OH is 1. The van der Waals surface area contributed by atoms with Crippen molar-refractivity contribution in [3.63, 3.8) is 0 Å². The summed E-state index contributed by atoms with van der Waals surface area (Å²) in [5.74, 6) is -2.52. The second kappa shape index (κ2) is 7.77. The van der Waals surface area contributed by atoms with E-state index in [0.717, 1.165) is 24.3 Å². The molecular formula is C22H19F6NO3. The third kappa shape index (κ3) is 3.97. The van der Waals surface area contributed by atoms with E-state index in [1.807, 2.05) is 0 Å². The first kappa shape index (κ1) is 22.6. The summed E-state index contributed by atoms with van der Waals surface area (Å²) in [5.41, 5.74) is -1.85. The topological polar surface area (TPSA) is 58.6 Å². The van der Waals surface area contributed by atoms with E-state index in [2.05, 4.69) is 5.32 Å². The molecule has 2 N–H and O–H groups in total. The third-order valence-corrected chi connectivity index (χ3v) is 6.13. The van der Waals surface area contributed by atoms with Gasteiger partial charge in [-0.05, 0) is 36.2 Å². The first-order chi connectivity index (χ1) is 14.9. The van der Waals surface area contributed by atoms with Crippen molar-refractivity contribution in [2.24, 2.45) is 5.92 Å². The summed E-state index contributed by atoms with van der Waals surface area (Å²) in [6.45, 7) is 1.23. The number of benzene rings is 2. The number of fused-ring (bicyclic) bond motifs is 2. The van der Waals surface area contributed by atoms with Gasteiger partial charge in [-0.2, -0.15) is 26.3 Å². The number of aliphatic hydroxyl groups is 1. The van der Waals surface area contributed by atoms with Crippen molar-refractivity contribution in [3.8, 4) is 0 Å². The molecule has 2 heterocycles. The van der Waals surface area contributed by atoms with Crippen molar-refractivity contribution in [2.75, 3.05) is 5.32 Å². The summed E-state index contributed by atoms with van der Waals surface area (Å²) in [6, 6.07) is 7.83.